The maximum absolute atomic E-state index is 10.5. The summed E-state index contributed by atoms with van der Waals surface area (Å²) in [7, 11) is 1.86. The Balaban J connectivity index is 2.97. The van der Waals surface area contributed by atoms with Crippen molar-refractivity contribution in [3.63, 3.8) is 0 Å². The molecule has 0 aliphatic heterocycles. The van der Waals surface area contributed by atoms with Crippen molar-refractivity contribution < 1.29 is 4.92 Å². The second-order valence-electron chi connectivity index (χ2n) is 3.30. The lowest BCUT2D eigenvalue weighted by molar-refractivity contribution is -0.385. The van der Waals surface area contributed by atoms with Gasteiger partial charge in [0.25, 0.3) is 5.69 Å². The molecule has 1 aromatic heterocycles. The number of likely N-dealkylation sites (N-methyl/N-ethyl adjacent to an activating group) is 1. The number of hydrogen-bond donors (Lipinski definition) is 1. The molecule has 0 saturated carbocycles. The van der Waals surface area contributed by atoms with E-state index < -0.39 is 4.92 Å². The van der Waals surface area contributed by atoms with E-state index in [9.17, 15) is 10.1 Å². The minimum atomic E-state index is -0.452. The minimum absolute atomic E-state index is 0.0115. The minimum Gasteiger partial charge on any atom is -0.358 e. The van der Waals surface area contributed by atoms with Gasteiger partial charge in [0.2, 0.25) is 0 Å². The van der Waals surface area contributed by atoms with Crippen molar-refractivity contribution in [3.05, 3.63) is 27.9 Å². The first-order valence-corrected chi connectivity index (χ1v) is 4.58. The highest BCUT2D eigenvalue weighted by Crippen LogP contribution is 2.20. The molecule has 0 aliphatic carbocycles. The van der Waals surface area contributed by atoms with Crippen molar-refractivity contribution >= 4 is 11.5 Å². The summed E-state index contributed by atoms with van der Waals surface area (Å²) in [6, 6.07) is 1.51. The molecular weight excluding hydrogens is 196 g/mol. The maximum atomic E-state index is 10.5. The largest absolute Gasteiger partial charge is 0.358 e. The molecule has 0 spiro atoms. The molecule has 0 unspecified atom stereocenters. The van der Waals surface area contributed by atoms with Crippen LogP contribution in [0.2, 0.25) is 0 Å². The van der Waals surface area contributed by atoms with E-state index in [0.717, 1.165) is 11.4 Å². The number of aryl methyl sites for hydroxylation is 1. The zero-order chi connectivity index (χ0) is 11.4. The molecule has 1 aromatic rings. The smallest absolute Gasteiger partial charge is 0.287 e. The standard InChI is InChI=1S/C9H14N4O2/c1-7-5-8(13(14)15)6-11-9(7)12(2)4-3-10/h5-6H,3-4,10H2,1-2H3. The lowest BCUT2D eigenvalue weighted by Gasteiger charge is -2.18. The number of anilines is 1. The molecule has 6 heteroatoms. The summed E-state index contributed by atoms with van der Waals surface area (Å²) in [5.74, 6) is 0.728. The van der Waals surface area contributed by atoms with Gasteiger partial charge in [0.15, 0.2) is 0 Å². The molecule has 0 aliphatic rings. The van der Waals surface area contributed by atoms with Crippen molar-refractivity contribution in [1.82, 2.24) is 4.98 Å². The molecule has 0 bridgehead atoms. The summed E-state index contributed by atoms with van der Waals surface area (Å²) in [5, 5.41) is 10.5. The Morgan fingerprint density at radius 1 is 1.67 bits per heavy atom. The SMILES string of the molecule is Cc1cc([N+](=O)[O-])cnc1N(C)CCN. The number of pyridine rings is 1. The molecule has 0 amide bonds. The lowest BCUT2D eigenvalue weighted by Crippen LogP contribution is -2.26. The molecular formula is C9H14N4O2. The van der Waals surface area contributed by atoms with Crippen LogP contribution in [0.25, 0.3) is 0 Å². The van der Waals surface area contributed by atoms with Gasteiger partial charge in [-0.1, -0.05) is 0 Å². The second kappa shape index (κ2) is 4.70. The van der Waals surface area contributed by atoms with Gasteiger partial charge in [0, 0.05) is 26.2 Å². The maximum Gasteiger partial charge on any atom is 0.287 e. The van der Waals surface area contributed by atoms with E-state index in [2.05, 4.69) is 4.98 Å². The molecule has 0 fully saturated rings. The Hall–Kier alpha value is -1.69. The van der Waals surface area contributed by atoms with Crippen LogP contribution in [0.3, 0.4) is 0 Å². The monoisotopic (exact) mass is 210 g/mol. The highest BCUT2D eigenvalue weighted by atomic mass is 16.6. The van der Waals surface area contributed by atoms with Gasteiger partial charge in [0.1, 0.15) is 12.0 Å². The summed E-state index contributed by atoms with van der Waals surface area (Å²) in [6.07, 6.45) is 1.26. The Bertz CT molecular complexity index is 367. The van der Waals surface area contributed by atoms with E-state index in [1.807, 2.05) is 11.9 Å². The molecule has 6 nitrogen and oxygen atoms in total. The van der Waals surface area contributed by atoms with Gasteiger partial charge in [-0.15, -0.1) is 0 Å². The molecule has 15 heavy (non-hydrogen) atoms. The first-order valence-electron chi connectivity index (χ1n) is 4.58. The van der Waals surface area contributed by atoms with Crippen molar-refractivity contribution in [2.45, 2.75) is 6.92 Å². The molecule has 1 heterocycles. The van der Waals surface area contributed by atoms with Crippen LogP contribution >= 0.6 is 0 Å². The van der Waals surface area contributed by atoms with Crippen LogP contribution < -0.4 is 10.6 Å². The third-order valence-electron chi connectivity index (χ3n) is 2.07. The van der Waals surface area contributed by atoms with Gasteiger partial charge in [0.05, 0.1) is 4.92 Å². The van der Waals surface area contributed by atoms with Crippen LogP contribution in [0.5, 0.6) is 0 Å². The van der Waals surface area contributed by atoms with E-state index in [-0.39, 0.29) is 5.69 Å². The Morgan fingerprint density at radius 3 is 2.80 bits per heavy atom. The van der Waals surface area contributed by atoms with E-state index in [1.54, 1.807) is 6.92 Å². The van der Waals surface area contributed by atoms with Crippen LogP contribution in [0.1, 0.15) is 5.56 Å². The average Bonchev–Trinajstić information content (AvgIpc) is 2.17. The van der Waals surface area contributed by atoms with Gasteiger partial charge in [-0.05, 0) is 12.5 Å². The topological polar surface area (TPSA) is 85.3 Å². The normalized spacial score (nSPS) is 10.1. The Labute approximate surface area is 87.9 Å². The molecule has 2 N–H and O–H groups in total. The van der Waals surface area contributed by atoms with Gasteiger partial charge < -0.3 is 10.6 Å². The quantitative estimate of drug-likeness (QED) is 0.583. The highest BCUT2D eigenvalue weighted by molar-refractivity contribution is 5.49. The predicted octanol–water partition coefficient (Wildman–Crippen LogP) is 0.693. The summed E-state index contributed by atoms with van der Waals surface area (Å²) in [5.41, 5.74) is 6.21. The number of nitrogens with two attached hydrogens (primary N) is 1. The zero-order valence-corrected chi connectivity index (χ0v) is 8.80. The van der Waals surface area contributed by atoms with Crippen LogP contribution in [-0.2, 0) is 0 Å². The van der Waals surface area contributed by atoms with Crippen molar-refractivity contribution in [2.75, 3.05) is 25.0 Å². The van der Waals surface area contributed by atoms with Crippen molar-refractivity contribution in [1.29, 1.82) is 0 Å². The number of hydrogen-bond acceptors (Lipinski definition) is 5. The van der Waals surface area contributed by atoms with Crippen LogP contribution in [0, 0.1) is 17.0 Å². The molecule has 0 aromatic carbocycles. The summed E-state index contributed by atoms with van der Waals surface area (Å²) in [4.78, 5) is 16.0. The third kappa shape index (κ3) is 2.63. The molecule has 1 rings (SSSR count). The highest BCUT2D eigenvalue weighted by Gasteiger charge is 2.11. The molecule has 0 radical (unpaired) electrons. The van der Waals surface area contributed by atoms with Gasteiger partial charge in [-0.3, -0.25) is 10.1 Å². The Morgan fingerprint density at radius 2 is 2.33 bits per heavy atom. The molecule has 0 atom stereocenters. The summed E-state index contributed by atoms with van der Waals surface area (Å²) in [6.45, 7) is 2.99. The van der Waals surface area contributed by atoms with Crippen molar-refractivity contribution in [3.8, 4) is 0 Å². The summed E-state index contributed by atoms with van der Waals surface area (Å²) >= 11 is 0. The van der Waals surface area contributed by atoms with E-state index in [1.165, 1.54) is 12.3 Å². The fourth-order valence-electron chi connectivity index (χ4n) is 1.35. The Kier molecular flexibility index (Phi) is 3.56. The fourth-order valence-corrected chi connectivity index (χ4v) is 1.35. The van der Waals surface area contributed by atoms with Crippen molar-refractivity contribution in [2.24, 2.45) is 5.73 Å². The predicted molar refractivity (Wildman–Crippen MR) is 58.0 cm³/mol. The lowest BCUT2D eigenvalue weighted by atomic mass is 10.2. The summed E-state index contributed by atoms with van der Waals surface area (Å²) < 4.78 is 0. The number of rotatable bonds is 4. The van der Waals surface area contributed by atoms with Gasteiger partial charge >= 0.3 is 0 Å². The zero-order valence-electron chi connectivity index (χ0n) is 8.80. The number of aromatic nitrogens is 1. The first-order chi connectivity index (χ1) is 7.06. The van der Waals surface area contributed by atoms with Gasteiger partial charge in [-0.2, -0.15) is 0 Å². The van der Waals surface area contributed by atoms with Crippen LogP contribution in [0.4, 0.5) is 11.5 Å². The number of nitrogens with zero attached hydrogens (tertiary/aromatic N) is 3. The third-order valence-corrected chi connectivity index (χ3v) is 2.07. The van der Waals surface area contributed by atoms with Crippen LogP contribution in [-0.4, -0.2) is 30.0 Å². The van der Waals surface area contributed by atoms with E-state index >= 15 is 0 Å². The fraction of sp³-hybridized carbons (Fsp3) is 0.444. The van der Waals surface area contributed by atoms with Gasteiger partial charge in [-0.25, -0.2) is 4.98 Å². The number of nitro groups is 1. The molecule has 0 saturated heterocycles. The average molecular weight is 210 g/mol. The molecule has 82 valence electrons. The van der Waals surface area contributed by atoms with Crippen LogP contribution in [0.15, 0.2) is 12.3 Å². The second-order valence-corrected chi connectivity index (χ2v) is 3.30. The van der Waals surface area contributed by atoms with E-state index in [0.29, 0.717) is 13.1 Å². The first kappa shape index (κ1) is 11.4. The van der Waals surface area contributed by atoms with E-state index in [4.69, 9.17) is 5.73 Å².